The molecule has 0 amide bonds. The van der Waals surface area contributed by atoms with Crippen LogP contribution >= 0.6 is 27.5 Å². The number of methoxy groups -OCH3 is 1. The topological polar surface area (TPSA) is 91.3 Å². The lowest BCUT2D eigenvalue weighted by atomic mass is 9.96. The van der Waals surface area contributed by atoms with Gasteiger partial charge in [-0.15, -0.1) is 0 Å². The summed E-state index contributed by atoms with van der Waals surface area (Å²) >= 11 is 9.56. The molecule has 3 aromatic carbocycles. The Labute approximate surface area is 228 Å². The minimum atomic E-state index is -0.847. The molecule has 0 radical (unpaired) electrons. The summed E-state index contributed by atoms with van der Waals surface area (Å²) in [5, 5.41) is 11.0. The predicted molar refractivity (Wildman–Crippen MR) is 142 cm³/mol. The van der Waals surface area contributed by atoms with Crippen LogP contribution in [-0.2, 0) is 11.3 Å². The van der Waals surface area contributed by atoms with Gasteiger partial charge in [-0.25, -0.2) is 9.59 Å². The van der Waals surface area contributed by atoms with Gasteiger partial charge in [-0.1, -0.05) is 41.4 Å². The maximum absolute atomic E-state index is 13.1. The van der Waals surface area contributed by atoms with Crippen molar-refractivity contribution in [2.45, 2.75) is 39.9 Å². The summed E-state index contributed by atoms with van der Waals surface area (Å²) in [4.78, 5) is 26.1. The van der Waals surface area contributed by atoms with Crippen molar-refractivity contribution in [3.8, 4) is 23.0 Å². The predicted octanol–water partition coefficient (Wildman–Crippen LogP) is 7.18. The standard InChI is InChI=1S/C28H26BrClO7/c1-14(2)9-21(31)18-6-8-22-24(26(18)34-4)28(33)35-13-16-10-15(3)11-23(25(16)36-22)37-27(32)19-12-17(29)5-7-20(19)30/h5-8,10-12,14,21,31H,9,13H2,1-4H3/t21-/m0/s1. The Morgan fingerprint density at radius 3 is 2.65 bits per heavy atom. The molecular formula is C28H26BrClO7. The molecule has 0 aromatic heterocycles. The van der Waals surface area contributed by atoms with E-state index in [9.17, 15) is 14.7 Å². The summed E-state index contributed by atoms with van der Waals surface area (Å²) in [7, 11) is 1.42. The number of hydrogen-bond acceptors (Lipinski definition) is 7. The van der Waals surface area contributed by atoms with Crippen LogP contribution in [0.25, 0.3) is 0 Å². The lowest BCUT2D eigenvalue weighted by molar-refractivity contribution is 0.0451. The van der Waals surface area contributed by atoms with Crippen molar-refractivity contribution in [2.24, 2.45) is 5.92 Å². The zero-order chi connectivity index (χ0) is 26.9. The van der Waals surface area contributed by atoms with Gasteiger partial charge in [-0.2, -0.15) is 0 Å². The third kappa shape index (κ3) is 5.76. The van der Waals surface area contributed by atoms with Crippen LogP contribution in [-0.4, -0.2) is 24.2 Å². The van der Waals surface area contributed by atoms with Crippen molar-refractivity contribution >= 4 is 39.5 Å². The number of ether oxygens (including phenoxy) is 4. The highest BCUT2D eigenvalue weighted by atomic mass is 79.9. The molecule has 37 heavy (non-hydrogen) atoms. The molecule has 0 saturated carbocycles. The minimum absolute atomic E-state index is 0.0429. The molecule has 3 aromatic rings. The highest BCUT2D eigenvalue weighted by Gasteiger charge is 2.30. The molecule has 0 unspecified atom stereocenters. The smallest absolute Gasteiger partial charge is 0.346 e. The Kier molecular flexibility index (Phi) is 8.11. The second-order valence-corrected chi connectivity index (χ2v) is 10.5. The zero-order valence-electron chi connectivity index (χ0n) is 20.8. The molecule has 1 atom stereocenters. The van der Waals surface area contributed by atoms with Crippen LogP contribution in [0, 0.1) is 12.8 Å². The number of fused-ring (bicyclic) bond motifs is 2. The Morgan fingerprint density at radius 1 is 1.19 bits per heavy atom. The quantitative estimate of drug-likeness (QED) is 0.240. The average Bonchev–Trinajstić information content (AvgIpc) is 2.83. The number of hydrogen-bond donors (Lipinski definition) is 1. The fourth-order valence-electron chi connectivity index (χ4n) is 4.16. The summed E-state index contributed by atoms with van der Waals surface area (Å²) in [6, 6.07) is 11.5. The first-order valence-corrected chi connectivity index (χ1v) is 12.8. The zero-order valence-corrected chi connectivity index (χ0v) is 23.1. The average molecular weight is 590 g/mol. The van der Waals surface area contributed by atoms with Gasteiger partial charge in [0.15, 0.2) is 11.5 Å². The third-order valence-corrected chi connectivity index (χ3v) is 6.63. The van der Waals surface area contributed by atoms with E-state index in [1.54, 1.807) is 42.5 Å². The number of aryl methyl sites for hydroxylation is 1. The maximum Gasteiger partial charge on any atom is 0.346 e. The molecule has 1 aliphatic rings. The summed E-state index contributed by atoms with van der Waals surface area (Å²) in [6.07, 6.45) is -0.370. The van der Waals surface area contributed by atoms with Gasteiger partial charge in [-0.05, 0) is 67.3 Å². The van der Waals surface area contributed by atoms with E-state index in [0.29, 0.717) is 22.0 Å². The van der Waals surface area contributed by atoms with Crippen molar-refractivity contribution in [2.75, 3.05) is 7.11 Å². The molecule has 0 bridgehead atoms. The first-order chi connectivity index (χ1) is 17.6. The summed E-state index contributed by atoms with van der Waals surface area (Å²) in [5.74, 6) is -0.436. The van der Waals surface area contributed by atoms with Crippen molar-refractivity contribution in [3.05, 3.63) is 79.8 Å². The molecule has 4 rings (SSSR count). The second-order valence-electron chi connectivity index (χ2n) is 9.15. The van der Waals surface area contributed by atoms with Crippen LogP contribution in [0.15, 0.2) is 46.9 Å². The van der Waals surface area contributed by atoms with Crippen LogP contribution in [0.3, 0.4) is 0 Å². The molecular weight excluding hydrogens is 564 g/mol. The van der Waals surface area contributed by atoms with E-state index in [-0.39, 0.29) is 51.7 Å². The minimum Gasteiger partial charge on any atom is -0.495 e. The van der Waals surface area contributed by atoms with E-state index in [0.717, 1.165) is 5.56 Å². The molecule has 1 heterocycles. The number of cyclic esters (lactones) is 1. The molecule has 1 aliphatic heterocycles. The Bertz CT molecular complexity index is 1370. The number of carbonyl (C=O) groups excluding carboxylic acids is 2. The van der Waals surface area contributed by atoms with E-state index in [1.807, 2.05) is 20.8 Å². The number of rotatable bonds is 6. The van der Waals surface area contributed by atoms with E-state index in [2.05, 4.69) is 15.9 Å². The first kappa shape index (κ1) is 27.0. The second kappa shape index (κ2) is 11.1. The summed E-state index contributed by atoms with van der Waals surface area (Å²) in [6.45, 7) is 5.68. The number of benzene rings is 3. The molecule has 1 N–H and O–H groups in total. The van der Waals surface area contributed by atoms with Gasteiger partial charge < -0.3 is 24.1 Å². The number of aliphatic hydroxyl groups excluding tert-OH is 1. The highest BCUT2D eigenvalue weighted by Crippen LogP contribution is 2.45. The molecule has 0 aliphatic carbocycles. The molecule has 7 nitrogen and oxygen atoms in total. The molecule has 194 valence electrons. The number of carbonyl (C=O) groups is 2. The number of aliphatic hydroxyl groups is 1. The normalized spacial score (nSPS) is 13.5. The highest BCUT2D eigenvalue weighted by molar-refractivity contribution is 9.10. The third-order valence-electron chi connectivity index (χ3n) is 5.81. The Morgan fingerprint density at radius 2 is 1.95 bits per heavy atom. The van der Waals surface area contributed by atoms with Crippen molar-refractivity contribution in [1.29, 1.82) is 0 Å². The van der Waals surface area contributed by atoms with Crippen LogP contribution < -0.4 is 14.2 Å². The summed E-state index contributed by atoms with van der Waals surface area (Å²) in [5.41, 5.74) is 1.96. The van der Waals surface area contributed by atoms with Crippen LogP contribution in [0.4, 0.5) is 0 Å². The number of halogens is 2. The SMILES string of the molecule is COc1c([C@@H](O)CC(C)C)ccc2c1C(=O)OCc1cc(C)cc(OC(=O)c3cc(Br)ccc3Cl)c1O2. The molecule has 9 heteroatoms. The van der Waals surface area contributed by atoms with Crippen LogP contribution in [0.5, 0.6) is 23.0 Å². The van der Waals surface area contributed by atoms with Gasteiger partial charge in [0.1, 0.15) is 23.7 Å². The van der Waals surface area contributed by atoms with E-state index in [4.69, 9.17) is 30.5 Å². The van der Waals surface area contributed by atoms with E-state index in [1.165, 1.54) is 7.11 Å². The Hall–Kier alpha value is -3.07. The molecule has 0 fully saturated rings. The lowest BCUT2D eigenvalue weighted by Gasteiger charge is -2.24. The van der Waals surface area contributed by atoms with Crippen molar-refractivity contribution < 1.29 is 33.6 Å². The lowest BCUT2D eigenvalue weighted by Crippen LogP contribution is -2.16. The van der Waals surface area contributed by atoms with Crippen LogP contribution in [0.1, 0.15) is 63.8 Å². The van der Waals surface area contributed by atoms with Crippen molar-refractivity contribution in [3.63, 3.8) is 0 Å². The fourth-order valence-corrected chi connectivity index (χ4v) is 4.72. The van der Waals surface area contributed by atoms with Gasteiger partial charge in [0.2, 0.25) is 0 Å². The van der Waals surface area contributed by atoms with Gasteiger partial charge in [0.25, 0.3) is 0 Å². The van der Waals surface area contributed by atoms with Gasteiger partial charge >= 0.3 is 11.9 Å². The van der Waals surface area contributed by atoms with E-state index >= 15 is 0 Å². The van der Waals surface area contributed by atoms with Gasteiger partial charge in [-0.3, -0.25) is 0 Å². The molecule has 0 spiro atoms. The number of esters is 2. The largest absolute Gasteiger partial charge is 0.495 e. The maximum atomic E-state index is 13.1. The Balaban J connectivity index is 1.79. The molecule has 0 saturated heterocycles. The fraction of sp³-hybridized carbons (Fsp3) is 0.286. The monoisotopic (exact) mass is 588 g/mol. The van der Waals surface area contributed by atoms with E-state index < -0.39 is 18.0 Å². The summed E-state index contributed by atoms with van der Waals surface area (Å²) < 4.78 is 23.7. The van der Waals surface area contributed by atoms with Crippen LogP contribution in [0.2, 0.25) is 5.02 Å². The van der Waals surface area contributed by atoms with Gasteiger partial charge in [0, 0.05) is 15.6 Å². The first-order valence-electron chi connectivity index (χ1n) is 11.6. The van der Waals surface area contributed by atoms with Gasteiger partial charge in [0.05, 0.1) is 23.8 Å². The van der Waals surface area contributed by atoms with Crippen molar-refractivity contribution in [1.82, 2.24) is 0 Å².